The molecule has 0 fully saturated rings. The molecule has 0 spiro atoms. The Morgan fingerprint density at radius 3 is 2.37 bits per heavy atom. The first kappa shape index (κ1) is 19.5. The van der Waals surface area contributed by atoms with Crippen molar-refractivity contribution in [3.8, 4) is 17.1 Å². The maximum absolute atomic E-state index is 13.5. The fourth-order valence-corrected chi connectivity index (χ4v) is 3.26. The van der Waals surface area contributed by atoms with Crippen molar-refractivity contribution in [2.24, 2.45) is 0 Å². The molecular formula is C24H21FN4O. The van der Waals surface area contributed by atoms with Gasteiger partial charge in [-0.25, -0.2) is 14.1 Å². The number of nitrogens with one attached hydrogen (secondary N) is 1. The topological polar surface area (TPSA) is 59.8 Å². The van der Waals surface area contributed by atoms with Crippen molar-refractivity contribution in [2.75, 3.05) is 5.32 Å². The summed E-state index contributed by atoms with van der Waals surface area (Å²) in [6.45, 7) is 6.03. The van der Waals surface area contributed by atoms with Crippen molar-refractivity contribution in [1.82, 2.24) is 14.8 Å². The van der Waals surface area contributed by atoms with Crippen LogP contribution in [0, 0.1) is 26.6 Å². The summed E-state index contributed by atoms with van der Waals surface area (Å²) in [7, 11) is 0. The van der Waals surface area contributed by atoms with E-state index in [1.54, 1.807) is 10.7 Å². The standard InChI is InChI=1S/C24H21FN4O/c1-15-7-10-18(11-8-15)23-27-22(24(30)26-20-6-4-5-19(25)14-20)28-29(23)21-12-9-16(2)13-17(21)3/h4-14H,1-3H3,(H,26,30). The zero-order chi connectivity index (χ0) is 21.3. The molecule has 1 heterocycles. The first-order valence-corrected chi connectivity index (χ1v) is 9.59. The summed E-state index contributed by atoms with van der Waals surface area (Å²) in [6.07, 6.45) is 0. The SMILES string of the molecule is Cc1ccc(-c2nc(C(=O)Nc3cccc(F)c3)nn2-c2ccc(C)cc2C)cc1. The Hall–Kier alpha value is -3.80. The van der Waals surface area contributed by atoms with Crippen LogP contribution in [0.5, 0.6) is 0 Å². The highest BCUT2D eigenvalue weighted by atomic mass is 19.1. The van der Waals surface area contributed by atoms with Gasteiger partial charge in [0.25, 0.3) is 5.91 Å². The van der Waals surface area contributed by atoms with Crippen LogP contribution in [0.15, 0.2) is 66.7 Å². The number of carbonyl (C=O) groups is 1. The molecule has 6 heteroatoms. The number of halogens is 1. The highest BCUT2D eigenvalue weighted by Crippen LogP contribution is 2.24. The van der Waals surface area contributed by atoms with E-state index < -0.39 is 11.7 Å². The average Bonchev–Trinajstić information content (AvgIpc) is 3.14. The first-order valence-electron chi connectivity index (χ1n) is 9.59. The molecule has 30 heavy (non-hydrogen) atoms. The van der Waals surface area contributed by atoms with Crippen molar-refractivity contribution in [2.45, 2.75) is 20.8 Å². The molecule has 1 aromatic heterocycles. The number of anilines is 1. The zero-order valence-corrected chi connectivity index (χ0v) is 17.0. The molecule has 0 aliphatic rings. The van der Waals surface area contributed by atoms with E-state index in [1.807, 2.05) is 57.2 Å². The predicted octanol–water partition coefficient (Wildman–Crippen LogP) is 5.25. The molecule has 1 N–H and O–H groups in total. The van der Waals surface area contributed by atoms with Gasteiger partial charge in [-0.05, 0) is 50.6 Å². The largest absolute Gasteiger partial charge is 0.319 e. The van der Waals surface area contributed by atoms with Crippen LogP contribution < -0.4 is 5.32 Å². The molecule has 0 aliphatic carbocycles. The van der Waals surface area contributed by atoms with Crippen molar-refractivity contribution < 1.29 is 9.18 Å². The van der Waals surface area contributed by atoms with Crippen LogP contribution in [0.25, 0.3) is 17.1 Å². The molecule has 0 bridgehead atoms. The number of aryl methyl sites for hydroxylation is 3. The molecule has 1 amide bonds. The number of amides is 1. The van der Waals surface area contributed by atoms with Crippen LogP contribution in [-0.4, -0.2) is 20.7 Å². The Bertz CT molecular complexity index is 1230. The predicted molar refractivity (Wildman–Crippen MR) is 115 cm³/mol. The minimum Gasteiger partial charge on any atom is -0.319 e. The molecular weight excluding hydrogens is 379 g/mol. The van der Waals surface area contributed by atoms with Gasteiger partial charge in [0.1, 0.15) is 5.82 Å². The van der Waals surface area contributed by atoms with Crippen LogP contribution in [0.3, 0.4) is 0 Å². The highest BCUT2D eigenvalue weighted by molar-refractivity contribution is 6.01. The van der Waals surface area contributed by atoms with Crippen LogP contribution >= 0.6 is 0 Å². The summed E-state index contributed by atoms with van der Waals surface area (Å²) >= 11 is 0. The van der Waals surface area contributed by atoms with E-state index in [4.69, 9.17) is 0 Å². The number of rotatable bonds is 4. The van der Waals surface area contributed by atoms with Gasteiger partial charge in [-0.15, -0.1) is 5.10 Å². The molecule has 0 atom stereocenters. The molecule has 5 nitrogen and oxygen atoms in total. The van der Waals surface area contributed by atoms with Gasteiger partial charge in [0.2, 0.25) is 5.82 Å². The summed E-state index contributed by atoms with van der Waals surface area (Å²) in [5.41, 5.74) is 5.31. The summed E-state index contributed by atoms with van der Waals surface area (Å²) in [5.74, 6) is -0.361. The van der Waals surface area contributed by atoms with E-state index >= 15 is 0 Å². The summed E-state index contributed by atoms with van der Waals surface area (Å²) in [6, 6.07) is 19.6. The van der Waals surface area contributed by atoms with E-state index in [2.05, 4.69) is 21.5 Å². The summed E-state index contributed by atoms with van der Waals surface area (Å²) in [5, 5.41) is 7.15. The monoisotopic (exact) mass is 400 g/mol. The van der Waals surface area contributed by atoms with Gasteiger partial charge in [-0.2, -0.15) is 0 Å². The van der Waals surface area contributed by atoms with Gasteiger partial charge < -0.3 is 5.32 Å². The molecule has 3 aromatic carbocycles. The Kier molecular flexibility index (Phi) is 5.14. The lowest BCUT2D eigenvalue weighted by molar-refractivity contribution is 0.101. The Labute approximate surface area is 174 Å². The average molecular weight is 400 g/mol. The van der Waals surface area contributed by atoms with Gasteiger partial charge in [-0.1, -0.05) is 53.6 Å². The third-order valence-electron chi connectivity index (χ3n) is 4.78. The molecule has 150 valence electrons. The highest BCUT2D eigenvalue weighted by Gasteiger charge is 2.20. The fourth-order valence-electron chi connectivity index (χ4n) is 3.26. The molecule has 0 radical (unpaired) electrons. The van der Waals surface area contributed by atoms with E-state index in [-0.39, 0.29) is 5.82 Å². The van der Waals surface area contributed by atoms with Gasteiger partial charge >= 0.3 is 0 Å². The van der Waals surface area contributed by atoms with Crippen molar-refractivity contribution in [3.63, 3.8) is 0 Å². The zero-order valence-electron chi connectivity index (χ0n) is 17.0. The lowest BCUT2D eigenvalue weighted by Crippen LogP contribution is -2.14. The van der Waals surface area contributed by atoms with Gasteiger partial charge in [0.15, 0.2) is 5.82 Å². The summed E-state index contributed by atoms with van der Waals surface area (Å²) < 4.78 is 15.1. The maximum atomic E-state index is 13.5. The van der Waals surface area contributed by atoms with Crippen LogP contribution in [0.2, 0.25) is 0 Å². The minimum atomic E-state index is -0.502. The summed E-state index contributed by atoms with van der Waals surface area (Å²) in [4.78, 5) is 17.3. The van der Waals surface area contributed by atoms with Crippen LogP contribution in [0.1, 0.15) is 27.3 Å². The van der Waals surface area contributed by atoms with Gasteiger partial charge in [0, 0.05) is 11.3 Å². The molecule has 0 aliphatic heterocycles. The minimum absolute atomic E-state index is 0.00908. The number of hydrogen-bond donors (Lipinski definition) is 1. The van der Waals surface area contributed by atoms with E-state index in [1.165, 1.54) is 18.2 Å². The normalized spacial score (nSPS) is 10.8. The lowest BCUT2D eigenvalue weighted by atomic mass is 10.1. The smallest absolute Gasteiger partial charge is 0.295 e. The number of hydrogen-bond acceptors (Lipinski definition) is 3. The Morgan fingerprint density at radius 2 is 1.67 bits per heavy atom. The van der Waals surface area contributed by atoms with Crippen molar-refractivity contribution >= 4 is 11.6 Å². The Balaban J connectivity index is 1.79. The molecule has 0 saturated carbocycles. The van der Waals surface area contributed by atoms with Gasteiger partial charge in [0.05, 0.1) is 5.69 Å². The molecule has 4 aromatic rings. The second kappa shape index (κ2) is 7.91. The number of aromatic nitrogens is 3. The third kappa shape index (κ3) is 3.98. The third-order valence-corrected chi connectivity index (χ3v) is 4.78. The van der Waals surface area contributed by atoms with Crippen LogP contribution in [-0.2, 0) is 0 Å². The molecule has 4 rings (SSSR count). The van der Waals surface area contributed by atoms with E-state index in [0.29, 0.717) is 11.5 Å². The number of benzene rings is 3. The van der Waals surface area contributed by atoms with E-state index in [9.17, 15) is 9.18 Å². The Morgan fingerprint density at radius 1 is 0.933 bits per heavy atom. The fraction of sp³-hybridized carbons (Fsp3) is 0.125. The number of nitrogens with zero attached hydrogens (tertiary/aromatic N) is 3. The van der Waals surface area contributed by atoms with E-state index in [0.717, 1.165) is 27.9 Å². The second-order valence-corrected chi connectivity index (χ2v) is 7.29. The van der Waals surface area contributed by atoms with Crippen molar-refractivity contribution in [1.29, 1.82) is 0 Å². The first-order chi connectivity index (χ1) is 14.4. The number of carbonyl (C=O) groups excluding carboxylic acids is 1. The molecule has 0 saturated heterocycles. The quantitative estimate of drug-likeness (QED) is 0.509. The molecule has 0 unspecified atom stereocenters. The van der Waals surface area contributed by atoms with Crippen LogP contribution in [0.4, 0.5) is 10.1 Å². The second-order valence-electron chi connectivity index (χ2n) is 7.29. The lowest BCUT2D eigenvalue weighted by Gasteiger charge is -2.10. The van der Waals surface area contributed by atoms with Crippen molar-refractivity contribution in [3.05, 3.63) is 95.1 Å². The van der Waals surface area contributed by atoms with Gasteiger partial charge in [-0.3, -0.25) is 4.79 Å². The maximum Gasteiger partial charge on any atom is 0.295 e.